The lowest BCUT2D eigenvalue weighted by Gasteiger charge is -2.41. The van der Waals surface area contributed by atoms with Gasteiger partial charge in [0.25, 0.3) is 0 Å². The fourth-order valence-corrected chi connectivity index (χ4v) is 3.61. The number of hydrogen-bond donors (Lipinski definition) is 0. The average molecular weight is 368 g/mol. The van der Waals surface area contributed by atoms with Crippen LogP contribution >= 0.6 is 15.9 Å². The molecule has 3 rings (SSSR count). The Hall–Kier alpha value is -1.30. The largest absolute Gasteiger partial charge is 0.444 e. The Morgan fingerprint density at radius 1 is 1.27 bits per heavy atom. The third-order valence-corrected chi connectivity index (χ3v) is 4.55. The number of hydrogen-bond acceptors (Lipinski definition) is 4. The number of pyridine rings is 1. The fourth-order valence-electron chi connectivity index (χ4n) is 3.28. The van der Waals surface area contributed by atoms with E-state index in [0.29, 0.717) is 0 Å². The lowest BCUT2D eigenvalue weighted by atomic mass is 10.2. The van der Waals surface area contributed by atoms with Gasteiger partial charge in [-0.05, 0) is 61.7 Å². The molecular weight excluding hydrogens is 346 g/mol. The van der Waals surface area contributed by atoms with E-state index in [1.54, 1.807) is 0 Å². The summed E-state index contributed by atoms with van der Waals surface area (Å²) in [5.41, 5.74) is -0.445. The van der Waals surface area contributed by atoms with Crippen molar-refractivity contribution in [1.82, 2.24) is 9.88 Å². The monoisotopic (exact) mass is 367 g/mol. The van der Waals surface area contributed by atoms with Crippen molar-refractivity contribution in [2.75, 3.05) is 18.0 Å². The number of amides is 1. The number of fused-ring (bicyclic) bond motifs is 2. The van der Waals surface area contributed by atoms with Gasteiger partial charge in [-0.2, -0.15) is 0 Å². The summed E-state index contributed by atoms with van der Waals surface area (Å²) in [7, 11) is 0. The second kappa shape index (κ2) is 5.72. The summed E-state index contributed by atoms with van der Waals surface area (Å²) < 4.78 is 6.40. The zero-order valence-electron chi connectivity index (χ0n) is 13.3. The number of ether oxygens (including phenoxy) is 1. The van der Waals surface area contributed by atoms with E-state index in [4.69, 9.17) is 4.74 Å². The van der Waals surface area contributed by atoms with Gasteiger partial charge < -0.3 is 9.64 Å². The van der Waals surface area contributed by atoms with E-state index in [1.807, 2.05) is 43.9 Å². The molecule has 2 aliphatic heterocycles. The Kier molecular flexibility index (Phi) is 4.05. The predicted octanol–water partition coefficient (Wildman–Crippen LogP) is 3.43. The van der Waals surface area contributed by atoms with Crippen LogP contribution < -0.4 is 4.90 Å². The Balaban J connectivity index is 1.73. The summed E-state index contributed by atoms with van der Waals surface area (Å²) in [5.74, 6) is 0.968. The molecule has 2 aliphatic rings. The van der Waals surface area contributed by atoms with Crippen molar-refractivity contribution in [3.8, 4) is 0 Å². The Bertz CT molecular complexity index is 559. The number of carbonyl (C=O) groups excluding carboxylic acids is 1. The van der Waals surface area contributed by atoms with E-state index in [9.17, 15) is 4.79 Å². The molecule has 2 fully saturated rings. The molecule has 22 heavy (non-hydrogen) atoms. The van der Waals surface area contributed by atoms with E-state index in [1.165, 1.54) is 0 Å². The van der Waals surface area contributed by atoms with Gasteiger partial charge in [0.2, 0.25) is 0 Å². The summed E-state index contributed by atoms with van der Waals surface area (Å²) in [5, 5.41) is 0. The maximum Gasteiger partial charge on any atom is 0.410 e. The van der Waals surface area contributed by atoms with Crippen molar-refractivity contribution in [3.63, 3.8) is 0 Å². The lowest BCUT2D eigenvalue weighted by Crippen LogP contribution is -2.57. The minimum absolute atomic E-state index is 0.179. The first-order chi connectivity index (χ1) is 10.3. The third-order valence-electron chi connectivity index (χ3n) is 4.11. The van der Waals surface area contributed by atoms with Crippen LogP contribution in [0.25, 0.3) is 0 Å². The molecule has 0 aromatic carbocycles. The summed E-state index contributed by atoms with van der Waals surface area (Å²) in [6.45, 7) is 7.37. The van der Waals surface area contributed by atoms with E-state index in [2.05, 4.69) is 25.8 Å². The minimum Gasteiger partial charge on any atom is -0.444 e. The van der Waals surface area contributed by atoms with Crippen LogP contribution in [0.5, 0.6) is 0 Å². The van der Waals surface area contributed by atoms with Crippen molar-refractivity contribution in [3.05, 3.63) is 22.8 Å². The van der Waals surface area contributed by atoms with Gasteiger partial charge in [-0.25, -0.2) is 9.78 Å². The first kappa shape index (κ1) is 15.6. The van der Waals surface area contributed by atoms with Crippen LogP contribution in [0.2, 0.25) is 0 Å². The van der Waals surface area contributed by atoms with Crippen LogP contribution in [0.1, 0.15) is 33.6 Å². The second-order valence-corrected chi connectivity index (χ2v) is 7.81. The Morgan fingerprint density at radius 2 is 1.91 bits per heavy atom. The highest BCUT2D eigenvalue weighted by Crippen LogP contribution is 2.33. The molecule has 1 aromatic rings. The molecule has 2 unspecified atom stereocenters. The van der Waals surface area contributed by atoms with Crippen molar-refractivity contribution in [1.29, 1.82) is 0 Å². The van der Waals surface area contributed by atoms with Crippen molar-refractivity contribution in [2.45, 2.75) is 51.3 Å². The molecule has 0 aliphatic carbocycles. The Labute approximate surface area is 139 Å². The molecule has 0 spiro atoms. The molecule has 2 saturated heterocycles. The quantitative estimate of drug-likeness (QED) is 0.713. The highest BCUT2D eigenvalue weighted by Gasteiger charge is 2.44. The molecule has 120 valence electrons. The number of aromatic nitrogens is 1. The van der Waals surface area contributed by atoms with Gasteiger partial charge in [-0.15, -0.1) is 0 Å². The number of piperazine rings is 1. The SMILES string of the molecule is CC(C)(C)OC(=O)N1C2CCC1CN(c1cccc(Br)n1)C2. The zero-order chi connectivity index (χ0) is 15.9. The van der Waals surface area contributed by atoms with Gasteiger partial charge in [0.1, 0.15) is 16.0 Å². The van der Waals surface area contributed by atoms with Crippen LogP contribution in [-0.2, 0) is 4.74 Å². The van der Waals surface area contributed by atoms with E-state index >= 15 is 0 Å². The second-order valence-electron chi connectivity index (χ2n) is 7.00. The first-order valence-electron chi connectivity index (χ1n) is 7.72. The molecule has 2 bridgehead atoms. The van der Waals surface area contributed by atoms with Crippen LogP contribution in [-0.4, -0.2) is 46.8 Å². The molecule has 5 nitrogen and oxygen atoms in total. The minimum atomic E-state index is -0.445. The number of anilines is 1. The van der Waals surface area contributed by atoms with Crippen molar-refractivity contribution >= 4 is 27.8 Å². The van der Waals surface area contributed by atoms with Crippen LogP contribution in [0.4, 0.5) is 10.6 Å². The standard InChI is InChI=1S/C16H22BrN3O2/c1-16(2,3)22-15(21)20-11-7-8-12(20)10-19(9-11)14-6-4-5-13(17)18-14/h4-6,11-12H,7-10H2,1-3H3. The summed E-state index contributed by atoms with van der Waals surface area (Å²) in [6, 6.07) is 6.38. The van der Waals surface area contributed by atoms with Crippen LogP contribution in [0.3, 0.4) is 0 Å². The molecule has 0 radical (unpaired) electrons. The van der Waals surface area contributed by atoms with Gasteiger partial charge in [-0.3, -0.25) is 4.90 Å². The van der Waals surface area contributed by atoms with Crippen molar-refractivity contribution in [2.24, 2.45) is 0 Å². The summed E-state index contributed by atoms with van der Waals surface area (Å²) >= 11 is 3.42. The number of rotatable bonds is 1. The third kappa shape index (κ3) is 3.21. The lowest BCUT2D eigenvalue weighted by molar-refractivity contribution is 0.0123. The summed E-state index contributed by atoms with van der Waals surface area (Å²) in [4.78, 5) is 21.2. The molecular formula is C16H22BrN3O2. The summed E-state index contributed by atoms with van der Waals surface area (Å²) in [6.07, 6.45) is 1.89. The van der Waals surface area contributed by atoms with Crippen LogP contribution in [0, 0.1) is 0 Å². The van der Waals surface area contributed by atoms with Crippen molar-refractivity contribution < 1.29 is 9.53 Å². The number of nitrogens with zero attached hydrogens (tertiary/aromatic N) is 3. The van der Waals surface area contributed by atoms with E-state index < -0.39 is 5.60 Å². The smallest absolute Gasteiger partial charge is 0.410 e. The molecule has 6 heteroatoms. The molecule has 1 aromatic heterocycles. The first-order valence-corrected chi connectivity index (χ1v) is 8.51. The van der Waals surface area contributed by atoms with E-state index in [0.717, 1.165) is 36.4 Å². The fraction of sp³-hybridized carbons (Fsp3) is 0.625. The zero-order valence-corrected chi connectivity index (χ0v) is 14.8. The maximum absolute atomic E-state index is 12.4. The molecule has 3 heterocycles. The number of halogens is 1. The highest BCUT2D eigenvalue weighted by molar-refractivity contribution is 9.10. The molecule has 2 atom stereocenters. The van der Waals surface area contributed by atoms with Gasteiger partial charge in [0.05, 0.1) is 12.1 Å². The van der Waals surface area contributed by atoms with Crippen LogP contribution in [0.15, 0.2) is 22.8 Å². The van der Waals surface area contributed by atoms with Gasteiger partial charge in [0.15, 0.2) is 0 Å². The Morgan fingerprint density at radius 3 is 2.45 bits per heavy atom. The van der Waals surface area contributed by atoms with E-state index in [-0.39, 0.29) is 18.2 Å². The number of carbonyl (C=O) groups is 1. The van der Waals surface area contributed by atoms with Gasteiger partial charge in [0, 0.05) is 13.1 Å². The molecule has 1 amide bonds. The van der Waals surface area contributed by atoms with Gasteiger partial charge >= 0.3 is 6.09 Å². The molecule has 0 saturated carbocycles. The normalized spacial score (nSPS) is 24.5. The van der Waals surface area contributed by atoms with Gasteiger partial charge in [-0.1, -0.05) is 6.07 Å². The maximum atomic E-state index is 12.4. The predicted molar refractivity (Wildman–Crippen MR) is 89.0 cm³/mol. The average Bonchev–Trinajstić information content (AvgIpc) is 2.68. The topological polar surface area (TPSA) is 45.7 Å². The molecule has 0 N–H and O–H groups in total. The highest BCUT2D eigenvalue weighted by atomic mass is 79.9.